The Morgan fingerprint density at radius 1 is 0.573 bits per heavy atom. The second-order valence-electron chi connectivity index (χ2n) is 41.8. The fourth-order valence-electron chi connectivity index (χ4n) is 12.0. The molecule has 22 nitrogen and oxygen atoms in total. The maximum absolute atomic E-state index is 13.9. The maximum atomic E-state index is 13.9. The van der Waals surface area contributed by atoms with Crippen molar-refractivity contribution in [3.8, 4) is 12.1 Å². The van der Waals surface area contributed by atoms with E-state index in [0.717, 1.165) is 84.6 Å². The number of ketones is 3. The molecule has 150 heavy (non-hydrogen) atoms. The second-order valence-corrected chi connectivity index (χ2v) is 61.1. The maximum Gasteiger partial charge on any atom is 2.00 e. The number of nitrogens with zero attached hydrogens (tertiary/aromatic N) is 7. The van der Waals surface area contributed by atoms with Crippen molar-refractivity contribution in [2.75, 3.05) is 17.3 Å². The van der Waals surface area contributed by atoms with E-state index in [1.807, 2.05) is 104 Å². The van der Waals surface area contributed by atoms with E-state index in [2.05, 4.69) is 82.3 Å². The van der Waals surface area contributed by atoms with Gasteiger partial charge in [-0.1, -0.05) is 167 Å². The quantitative estimate of drug-likeness (QED) is 0.00392. The SMILES string of the molecule is CC(C)(C)S(=O)N=C(CCC1CC1)c1ccc(C#N)cc1.CC(C)(C)S(=O)NC(CCC1CC1)(c1ccc(C#N)cc1)c1ccc(F)c(N)c1.CC(C)(C)S(N)=O.CC(C)O.CC(C)O.CC(C)O.CC(C)O.CCC[CH2][Sn]([CH2]CCC)[CH2]CCC.CN(c1c[c-]ccc1F)[Si](C)(C)C.O=CC1CC1.[Br-].[C-]#[N+]c1ccc(C(=O)/C=C/C2CC2)cc1.[C-]#[N+]c1ccc(C(=O)CCC2CC2)cc1.[C-]#[N+]c1ccc(C(C)=O)cc1.[K+].[Mg+2].[OH-].[Ti]. The Balaban J connectivity index is -0.000000390. The van der Waals surface area contributed by atoms with Gasteiger partial charge in [-0.2, -0.15) is 33.1 Å². The number of halogens is 3. The van der Waals surface area contributed by atoms with E-state index in [1.165, 1.54) is 109 Å². The average Bonchev–Trinajstić information content (AvgIpc) is 1.49. The summed E-state index contributed by atoms with van der Waals surface area (Å²) >= 11 is -0.839. The molecule has 4 atom stereocenters. The number of rotatable bonds is 32. The Bertz CT molecular complexity index is 5240. The Morgan fingerprint density at radius 2 is 0.940 bits per heavy atom. The predicted molar refractivity (Wildman–Crippen MR) is 614 cm³/mol. The van der Waals surface area contributed by atoms with Crippen LogP contribution in [0.4, 0.5) is 37.2 Å². The van der Waals surface area contributed by atoms with Crippen molar-refractivity contribution in [2.45, 2.75) is 364 Å². The summed E-state index contributed by atoms with van der Waals surface area (Å²) in [7, 11) is -3.32. The van der Waals surface area contributed by atoms with E-state index in [4.69, 9.17) is 56.3 Å². The number of nitriles is 2. The van der Waals surface area contributed by atoms with Crippen molar-refractivity contribution in [2.24, 2.45) is 39.1 Å². The number of hydrogen-bond acceptors (Lipinski definition) is 16. The number of hydrogen-bond donors (Lipinski definition) is 7. The molecule has 12 rings (SSSR count). The molecule has 0 spiro atoms. The minimum atomic E-state index is -1.46. The van der Waals surface area contributed by atoms with E-state index >= 15 is 0 Å². The fraction of sp³-hybridized carbons (Fsp3) is 0.538. The molecule has 7 aromatic carbocycles. The Kier molecular flexibility index (Phi) is 87.3. The van der Waals surface area contributed by atoms with Gasteiger partial charge in [0, 0.05) is 81.0 Å². The number of nitrogen functional groups attached to an aromatic ring is 1. The van der Waals surface area contributed by atoms with Gasteiger partial charge in [-0.3, -0.25) is 19.5 Å². The van der Waals surface area contributed by atoms with Crippen molar-refractivity contribution >= 4 is 142 Å². The molecule has 10 N–H and O–H groups in total. The summed E-state index contributed by atoms with van der Waals surface area (Å²) in [4.78, 5) is 53.4. The number of Topliss-reactive ketones (excluding diaryl/α,β-unsaturated/α-hetero) is 2. The molecule has 0 heterocycles. The van der Waals surface area contributed by atoms with Gasteiger partial charge in [-0.05, 0) is 278 Å². The van der Waals surface area contributed by atoms with Crippen molar-refractivity contribution in [3.63, 3.8) is 0 Å². The third-order valence-corrected chi connectivity index (χ3v) is 37.5. The molecule has 5 aliphatic rings. The van der Waals surface area contributed by atoms with E-state index < -0.39 is 77.1 Å². The van der Waals surface area contributed by atoms with E-state index in [0.29, 0.717) is 75.6 Å². The van der Waals surface area contributed by atoms with Gasteiger partial charge in [0.2, 0.25) is 0 Å². The van der Waals surface area contributed by atoms with Crippen LogP contribution in [-0.4, -0.2) is 165 Å². The number of allylic oxidation sites excluding steroid dienone is 2. The molecule has 0 aliphatic heterocycles. The monoisotopic (exact) mass is 2380 g/mol. The summed E-state index contributed by atoms with van der Waals surface area (Å²) in [5, 5.41) is 55.3. The van der Waals surface area contributed by atoms with Gasteiger partial charge < -0.3 is 58.0 Å². The minimum Gasteiger partial charge on any atom is -1.00 e. The summed E-state index contributed by atoms with van der Waals surface area (Å²) in [6.07, 6.45) is 30.5. The fourth-order valence-corrected chi connectivity index (χ4v) is 23.9. The van der Waals surface area contributed by atoms with Crippen molar-refractivity contribution in [1.82, 2.24) is 4.72 Å². The van der Waals surface area contributed by atoms with Crippen molar-refractivity contribution < 1.29 is 157 Å². The van der Waals surface area contributed by atoms with Crippen LogP contribution in [0.3, 0.4) is 0 Å². The molecule has 5 aliphatic carbocycles. The van der Waals surface area contributed by atoms with Crippen LogP contribution in [-0.2, 0) is 65.0 Å². The molecule has 0 saturated heterocycles. The number of nitrogens with one attached hydrogen (secondary N) is 1. The standard InChI is InChI=1S/C23H28FN3OS.C17H22N2OS.C13H13NO.C13H11NO.C10H15FNSi.C9H7NO.C4H11NOS.C4H6O.3C4H9.4C3H8O.BrH.K.Mg.H2O.Sn.Ti/c1-22(2,3)29(28)27-23(13-12-16-4-5-16,18-8-6-17(15-25)7-9-18)19-10-11-20(24)21(26)14-19;1-17(2,3)21(20)19-16(11-8-13-4-5-13)15-9-6-14(12-18)7-10-15;2*1-14-12-7-5-11(6-8-12)13(15)9-4-10-2-3-10;1-12(13(2,3)4)10-8-6-5-7-9(10)11;1-7(11)8-3-5-9(10-2)6-4-8;1-4(2,3)7(5)6;5-3-4-1-2-4;3*1-3-4-2;4*1-3(2)4;;;;;;/h6-11,14,16,27H,4-5,12-13,26H2,1-3H3;6-7,9-10,13H,4-5,8,11H2,1-3H3;5-8,10H,2-4,9H2;4-10H,2-3H2;5,7-8H,1-4H3;3-6H,1H3;5H2,1-3H3;3-4H,1-2H2;3*1,3-4H2,2H3;4*3-4H,1-2H3;1H;;;1H2;;/q;;;;-1;;;;;;;;;;;;+1;+2;;;/p-2/b;;;9-4+;;;;;;;;;;;;;;;;;. The first-order valence-electron chi connectivity index (χ1n) is 51.0. The van der Waals surface area contributed by atoms with Crippen LogP contribution < -0.4 is 88.5 Å². The molecule has 5 fully saturated rings. The third-order valence-electron chi connectivity index (χ3n) is 21.8. The van der Waals surface area contributed by atoms with Gasteiger partial charge in [0.05, 0.1) is 96.1 Å². The van der Waals surface area contributed by atoms with Gasteiger partial charge >= 0.3 is 167 Å². The normalized spacial score (nSPS) is 13.8. The minimum absolute atomic E-state index is 0. The van der Waals surface area contributed by atoms with Crippen molar-refractivity contribution in [1.29, 1.82) is 10.5 Å². The van der Waals surface area contributed by atoms with Crippen LogP contribution in [0.2, 0.25) is 33.0 Å². The second kappa shape index (κ2) is 84.5. The van der Waals surface area contributed by atoms with Gasteiger partial charge in [0.25, 0.3) is 0 Å². The van der Waals surface area contributed by atoms with E-state index in [9.17, 15) is 45.8 Å². The number of aliphatic hydroxyl groups is 4. The first-order valence-corrected chi connectivity index (χ1v) is 64.0. The topological polar surface area (TPSA) is 371 Å². The Labute approximate surface area is 1000 Å². The third kappa shape index (κ3) is 76.1. The Hall–Kier alpha value is -5.68. The van der Waals surface area contributed by atoms with Crippen LogP contribution >= 0.6 is 0 Å². The van der Waals surface area contributed by atoms with Gasteiger partial charge in [0.1, 0.15) is 31.3 Å². The number of carbonyl (C=O) groups excluding carboxylic acids is 4. The number of unbranched alkanes of at least 4 members (excludes halogenated alkanes) is 3. The molecule has 7 aromatic rings. The molecule has 1 radical (unpaired) electrons. The van der Waals surface area contributed by atoms with Gasteiger partial charge in [-0.25, -0.2) is 40.7 Å². The average molecular weight is 2380 g/mol. The molecular formula is C117H173BrF2KMgN10O12S3SiSnTi. The largest absolute Gasteiger partial charge is 2.00 e. The van der Waals surface area contributed by atoms with E-state index in [-0.39, 0.29) is 181 Å². The molecule has 0 bridgehead atoms. The summed E-state index contributed by atoms with van der Waals surface area (Å²) in [6.45, 7) is 66.1. The molecule has 5 saturated carbocycles. The molecule has 33 heteroatoms. The van der Waals surface area contributed by atoms with Crippen LogP contribution in [0.1, 0.15) is 346 Å². The molecule has 817 valence electrons. The number of nitrogens with two attached hydrogens (primary N) is 2. The molecule has 0 aromatic heterocycles. The number of aldehydes is 1. The van der Waals surface area contributed by atoms with Gasteiger partial charge in [0.15, 0.2) is 34.4 Å². The first kappa shape index (κ1) is 155. The molecular weight excluding hydrogens is 2210 g/mol. The van der Waals surface area contributed by atoms with Crippen LogP contribution in [0.15, 0.2) is 174 Å². The number of carbonyl (C=O) groups is 4. The first-order chi connectivity index (χ1) is 67.9. The van der Waals surface area contributed by atoms with E-state index in [1.54, 1.807) is 196 Å². The number of anilines is 2. The Morgan fingerprint density at radius 3 is 1.26 bits per heavy atom. The number of benzene rings is 7. The summed E-state index contributed by atoms with van der Waals surface area (Å²) in [6, 6.07) is 51.6. The number of aliphatic hydroxyl groups excluding tert-OH is 4. The van der Waals surface area contributed by atoms with Crippen molar-refractivity contribution in [3.05, 3.63) is 266 Å². The predicted octanol–water partition coefficient (Wildman–Crippen LogP) is 22.0. The van der Waals surface area contributed by atoms with Crippen LogP contribution in [0.5, 0.6) is 0 Å². The van der Waals surface area contributed by atoms with Crippen LogP contribution in [0.25, 0.3) is 14.5 Å². The van der Waals surface area contributed by atoms with Gasteiger partial charge in [-0.15, -0.1) is 6.07 Å². The zero-order chi connectivity index (χ0) is 110. The zero-order valence-electron chi connectivity index (χ0n) is 94.6. The smallest absolute Gasteiger partial charge is 1.00 e. The summed E-state index contributed by atoms with van der Waals surface area (Å²) < 4.78 is 77.0. The summed E-state index contributed by atoms with van der Waals surface area (Å²) in [5.74, 6) is 2.98. The van der Waals surface area contributed by atoms with Crippen LogP contribution in [0, 0.1) is 89.7 Å². The molecule has 4 unspecified atom stereocenters. The zero-order valence-corrected chi connectivity index (χ0v) is 109. The molecule has 0 amide bonds. The summed E-state index contributed by atoms with van der Waals surface area (Å²) in [5.41, 5.74) is 14.3.